The number of hydrogen-bond donors (Lipinski definition) is 0. The molecule has 1 fully saturated rings. The van der Waals surface area contributed by atoms with Gasteiger partial charge in [0.2, 0.25) is 0 Å². The molecule has 1 aromatic carbocycles. The summed E-state index contributed by atoms with van der Waals surface area (Å²) in [7, 11) is 0. The van der Waals surface area contributed by atoms with Crippen LogP contribution in [0.1, 0.15) is 68.1 Å². The summed E-state index contributed by atoms with van der Waals surface area (Å²) in [5.41, 5.74) is 3.29. The standard InChI is InChI=1S/C20H20F2N4S/c1-20(2,3)19-24-23-18(27-19)16-15-10-4-5-11(8-10)17(15)26(25-16)14-7-6-12(21)9-13(14)22/h6-7,9-11H,4-5,8H2,1-3H3. The van der Waals surface area contributed by atoms with E-state index in [0.29, 0.717) is 17.5 Å². The Balaban J connectivity index is 1.70. The number of rotatable bonds is 2. The van der Waals surface area contributed by atoms with Crippen molar-refractivity contribution in [1.82, 2.24) is 20.0 Å². The molecule has 2 unspecified atom stereocenters. The second kappa shape index (κ2) is 5.67. The van der Waals surface area contributed by atoms with Gasteiger partial charge in [0.1, 0.15) is 22.2 Å². The maximum absolute atomic E-state index is 14.5. The Labute approximate surface area is 160 Å². The predicted molar refractivity (Wildman–Crippen MR) is 100 cm³/mol. The van der Waals surface area contributed by atoms with Crippen LogP contribution in [0.25, 0.3) is 16.4 Å². The summed E-state index contributed by atoms with van der Waals surface area (Å²) >= 11 is 1.55. The molecule has 2 aliphatic rings. The highest BCUT2D eigenvalue weighted by Gasteiger charge is 2.44. The first kappa shape index (κ1) is 17.0. The van der Waals surface area contributed by atoms with Crippen LogP contribution in [-0.2, 0) is 5.41 Å². The van der Waals surface area contributed by atoms with Crippen LogP contribution in [0, 0.1) is 11.6 Å². The van der Waals surface area contributed by atoms with Crippen LogP contribution in [0.4, 0.5) is 8.78 Å². The molecule has 2 heterocycles. The first-order chi connectivity index (χ1) is 12.8. The van der Waals surface area contributed by atoms with Crippen molar-refractivity contribution >= 4 is 11.3 Å². The molecule has 7 heteroatoms. The molecule has 0 amide bonds. The molecule has 4 nitrogen and oxygen atoms in total. The van der Waals surface area contributed by atoms with Crippen molar-refractivity contribution in [2.24, 2.45) is 0 Å². The Morgan fingerprint density at radius 2 is 1.89 bits per heavy atom. The lowest BCUT2D eigenvalue weighted by Crippen LogP contribution is -2.10. The zero-order valence-electron chi connectivity index (χ0n) is 15.5. The molecule has 3 aromatic rings. The Morgan fingerprint density at radius 3 is 2.59 bits per heavy atom. The summed E-state index contributed by atoms with van der Waals surface area (Å²) in [5, 5.41) is 15.3. The van der Waals surface area contributed by atoms with E-state index in [2.05, 4.69) is 31.0 Å². The molecule has 5 rings (SSSR count). The third-order valence-electron chi connectivity index (χ3n) is 5.59. The van der Waals surface area contributed by atoms with Gasteiger partial charge in [-0.2, -0.15) is 5.10 Å². The van der Waals surface area contributed by atoms with Crippen LogP contribution in [0.3, 0.4) is 0 Å². The van der Waals surface area contributed by atoms with Crippen LogP contribution in [0.15, 0.2) is 18.2 Å². The van der Waals surface area contributed by atoms with E-state index in [1.54, 1.807) is 16.0 Å². The lowest BCUT2D eigenvalue weighted by atomic mass is 9.95. The monoisotopic (exact) mass is 386 g/mol. The SMILES string of the molecule is CC(C)(C)c1nnc(-c2nn(-c3ccc(F)cc3F)c3c2C2CCC3C2)s1. The molecule has 1 saturated carbocycles. The molecule has 2 bridgehead atoms. The molecule has 0 aliphatic heterocycles. The van der Waals surface area contributed by atoms with Gasteiger partial charge in [0.25, 0.3) is 0 Å². The molecular formula is C20H20F2N4S. The average molecular weight is 386 g/mol. The summed E-state index contributed by atoms with van der Waals surface area (Å²) in [6.45, 7) is 6.32. The van der Waals surface area contributed by atoms with E-state index in [1.165, 1.54) is 17.7 Å². The van der Waals surface area contributed by atoms with Crippen molar-refractivity contribution in [3.8, 4) is 16.4 Å². The van der Waals surface area contributed by atoms with Crippen LogP contribution >= 0.6 is 11.3 Å². The maximum atomic E-state index is 14.5. The Morgan fingerprint density at radius 1 is 1.11 bits per heavy atom. The van der Waals surface area contributed by atoms with Gasteiger partial charge in [-0.25, -0.2) is 13.5 Å². The van der Waals surface area contributed by atoms with Gasteiger partial charge >= 0.3 is 0 Å². The van der Waals surface area contributed by atoms with Crippen molar-refractivity contribution < 1.29 is 8.78 Å². The number of benzene rings is 1. The van der Waals surface area contributed by atoms with Gasteiger partial charge in [-0.05, 0) is 37.3 Å². The van der Waals surface area contributed by atoms with Crippen molar-refractivity contribution in [2.45, 2.75) is 57.3 Å². The molecule has 140 valence electrons. The number of aromatic nitrogens is 4. The molecule has 2 aliphatic carbocycles. The zero-order chi connectivity index (χ0) is 18.9. The lowest BCUT2D eigenvalue weighted by molar-refractivity contribution is 0.567. The molecule has 0 radical (unpaired) electrons. The smallest absolute Gasteiger partial charge is 0.168 e. The fourth-order valence-electron chi connectivity index (χ4n) is 4.35. The molecule has 0 N–H and O–H groups in total. The zero-order valence-corrected chi connectivity index (χ0v) is 16.3. The molecule has 2 atom stereocenters. The van der Waals surface area contributed by atoms with Crippen LogP contribution < -0.4 is 0 Å². The minimum absolute atomic E-state index is 0.0796. The highest BCUT2D eigenvalue weighted by Crippen LogP contribution is 2.56. The van der Waals surface area contributed by atoms with Crippen molar-refractivity contribution in [1.29, 1.82) is 0 Å². The average Bonchev–Trinajstić information content (AvgIpc) is 3.35. The minimum Gasteiger partial charge on any atom is -0.234 e. The molecule has 0 spiro atoms. The van der Waals surface area contributed by atoms with E-state index in [-0.39, 0.29) is 5.41 Å². The van der Waals surface area contributed by atoms with Gasteiger partial charge in [-0.1, -0.05) is 32.1 Å². The van der Waals surface area contributed by atoms with Crippen molar-refractivity contribution in [3.63, 3.8) is 0 Å². The highest BCUT2D eigenvalue weighted by atomic mass is 32.1. The molecule has 2 aromatic heterocycles. The number of halogens is 2. The predicted octanol–water partition coefficient (Wildman–Crippen LogP) is 5.33. The summed E-state index contributed by atoms with van der Waals surface area (Å²) in [4.78, 5) is 0. The van der Waals surface area contributed by atoms with Crippen molar-refractivity contribution in [2.75, 3.05) is 0 Å². The lowest BCUT2D eigenvalue weighted by Gasteiger charge is -2.14. The highest BCUT2D eigenvalue weighted by molar-refractivity contribution is 7.14. The third kappa shape index (κ3) is 2.55. The Hall–Kier alpha value is -2.15. The van der Waals surface area contributed by atoms with E-state index in [4.69, 9.17) is 5.10 Å². The number of fused-ring (bicyclic) bond motifs is 5. The van der Waals surface area contributed by atoms with Gasteiger partial charge in [-0.3, -0.25) is 0 Å². The Bertz CT molecular complexity index is 1050. The summed E-state index contributed by atoms with van der Waals surface area (Å²) in [6.07, 6.45) is 3.30. The fourth-order valence-corrected chi connectivity index (χ4v) is 5.25. The third-order valence-corrected chi connectivity index (χ3v) is 6.95. The van der Waals surface area contributed by atoms with Gasteiger partial charge < -0.3 is 0 Å². The molecular weight excluding hydrogens is 366 g/mol. The minimum atomic E-state index is -0.595. The van der Waals surface area contributed by atoms with Gasteiger partial charge in [-0.15, -0.1) is 10.2 Å². The van der Waals surface area contributed by atoms with Crippen molar-refractivity contribution in [3.05, 3.63) is 46.1 Å². The fraction of sp³-hybridized carbons (Fsp3) is 0.450. The molecule has 27 heavy (non-hydrogen) atoms. The van der Waals surface area contributed by atoms with E-state index >= 15 is 0 Å². The van der Waals surface area contributed by atoms with E-state index in [9.17, 15) is 8.78 Å². The summed E-state index contributed by atoms with van der Waals surface area (Å²) in [6, 6.07) is 3.66. The maximum Gasteiger partial charge on any atom is 0.168 e. The summed E-state index contributed by atoms with van der Waals surface area (Å²) in [5.74, 6) is -0.354. The first-order valence-corrected chi connectivity index (χ1v) is 10.1. The van der Waals surface area contributed by atoms with Gasteiger partial charge in [0, 0.05) is 23.0 Å². The van der Waals surface area contributed by atoms with Crippen LogP contribution in [0.2, 0.25) is 0 Å². The van der Waals surface area contributed by atoms with Crippen LogP contribution in [-0.4, -0.2) is 20.0 Å². The van der Waals surface area contributed by atoms with Crippen LogP contribution in [0.5, 0.6) is 0 Å². The van der Waals surface area contributed by atoms with E-state index < -0.39 is 11.6 Å². The topological polar surface area (TPSA) is 43.6 Å². The largest absolute Gasteiger partial charge is 0.234 e. The second-order valence-corrected chi connectivity index (χ2v) is 9.50. The van der Waals surface area contributed by atoms with Gasteiger partial charge in [0.15, 0.2) is 10.8 Å². The van der Waals surface area contributed by atoms with E-state index in [1.807, 2.05) is 0 Å². The van der Waals surface area contributed by atoms with E-state index in [0.717, 1.165) is 46.7 Å². The Kier molecular flexibility index (Phi) is 3.57. The normalized spacial score (nSPS) is 21.1. The summed E-state index contributed by atoms with van der Waals surface area (Å²) < 4.78 is 29.6. The number of nitrogens with zero attached hydrogens (tertiary/aromatic N) is 4. The van der Waals surface area contributed by atoms with Gasteiger partial charge in [0.05, 0.1) is 5.69 Å². The first-order valence-electron chi connectivity index (χ1n) is 9.25. The molecule has 0 saturated heterocycles. The second-order valence-electron chi connectivity index (χ2n) is 8.52. The number of hydrogen-bond acceptors (Lipinski definition) is 4. The quantitative estimate of drug-likeness (QED) is 0.598.